The molecule has 1 aliphatic heterocycles. The van der Waals surface area contributed by atoms with E-state index >= 15 is 0 Å². The molecule has 1 unspecified atom stereocenters. The summed E-state index contributed by atoms with van der Waals surface area (Å²) in [4.78, 5) is 28.1. The van der Waals surface area contributed by atoms with Gasteiger partial charge in [-0.05, 0) is 55.4 Å². The van der Waals surface area contributed by atoms with Crippen LogP contribution < -0.4 is 10.1 Å². The van der Waals surface area contributed by atoms with Crippen LogP contribution in [0, 0.1) is 0 Å². The first-order chi connectivity index (χ1) is 18.9. The predicted octanol–water partition coefficient (Wildman–Crippen LogP) is 6.22. The Morgan fingerprint density at radius 2 is 1.90 bits per heavy atom. The molecule has 0 aromatic heterocycles. The Labute approximate surface area is 236 Å². The Balaban J connectivity index is 1.50. The Bertz CT molecular complexity index is 1090. The van der Waals surface area contributed by atoms with E-state index in [4.69, 9.17) is 21.1 Å². The van der Waals surface area contributed by atoms with Gasteiger partial charge in [-0.25, -0.2) is 4.79 Å². The molecule has 0 spiro atoms. The third-order valence-electron chi connectivity index (χ3n) is 7.82. The molecule has 1 saturated heterocycles. The maximum Gasteiger partial charge on any atom is 0.407 e. The highest BCUT2D eigenvalue weighted by Gasteiger charge is 2.45. The van der Waals surface area contributed by atoms with Gasteiger partial charge in [0.25, 0.3) is 0 Å². The summed E-state index contributed by atoms with van der Waals surface area (Å²) in [6.45, 7) is 3.79. The number of rotatable bonds is 10. The molecule has 0 radical (unpaired) electrons. The van der Waals surface area contributed by atoms with E-state index in [1.807, 2.05) is 43.3 Å². The van der Waals surface area contributed by atoms with E-state index in [-0.39, 0.29) is 11.9 Å². The number of halogens is 1. The van der Waals surface area contributed by atoms with Crippen LogP contribution in [0.4, 0.5) is 4.79 Å². The van der Waals surface area contributed by atoms with Crippen molar-refractivity contribution in [1.82, 2.24) is 10.2 Å². The second-order valence-electron chi connectivity index (χ2n) is 10.8. The van der Waals surface area contributed by atoms with Crippen molar-refractivity contribution in [2.45, 2.75) is 88.9 Å². The quantitative estimate of drug-likeness (QED) is 0.339. The number of piperidine rings is 1. The molecule has 2 N–H and O–H groups in total. The maximum atomic E-state index is 14.1. The number of carbonyl (C=O) groups is 2. The lowest BCUT2D eigenvalue weighted by Crippen LogP contribution is -2.54. The Morgan fingerprint density at radius 3 is 2.62 bits per heavy atom. The number of carbonyl (C=O) groups excluding carboxylic acids is 2. The van der Waals surface area contributed by atoms with Crippen molar-refractivity contribution in [3.63, 3.8) is 0 Å². The second kappa shape index (κ2) is 14.0. The highest BCUT2D eigenvalue weighted by molar-refractivity contribution is 6.32. The molecular formula is C31H41ClN2O5. The Morgan fingerprint density at radius 1 is 1.13 bits per heavy atom. The molecule has 1 heterocycles. The summed E-state index contributed by atoms with van der Waals surface area (Å²) in [6, 6.07) is 15.1. The molecule has 7 nitrogen and oxygen atoms in total. The summed E-state index contributed by atoms with van der Waals surface area (Å²) in [5.74, 6) is -0.331. The van der Waals surface area contributed by atoms with Gasteiger partial charge in [0.05, 0.1) is 23.1 Å². The molecule has 2 aliphatic rings. The number of ether oxygens (including phenoxy) is 2. The second-order valence-corrected chi connectivity index (χ2v) is 11.2. The summed E-state index contributed by atoms with van der Waals surface area (Å²) < 4.78 is 11.2. The van der Waals surface area contributed by atoms with Crippen molar-refractivity contribution in [2.24, 2.45) is 0 Å². The normalized spacial score (nSPS) is 19.7. The molecule has 1 aliphatic carbocycles. The number of benzene rings is 2. The lowest BCUT2D eigenvalue weighted by atomic mass is 9.72. The number of aliphatic hydroxyl groups is 1. The third kappa shape index (κ3) is 7.89. The summed E-state index contributed by atoms with van der Waals surface area (Å²) in [6.07, 6.45) is 6.80. The molecule has 0 bridgehead atoms. The van der Waals surface area contributed by atoms with E-state index in [1.165, 1.54) is 0 Å². The van der Waals surface area contributed by atoms with Gasteiger partial charge in [0, 0.05) is 19.1 Å². The van der Waals surface area contributed by atoms with Crippen LogP contribution in [0.25, 0.3) is 0 Å². The lowest BCUT2D eigenvalue weighted by molar-refractivity contribution is -0.143. The van der Waals surface area contributed by atoms with Crippen LogP contribution in [0.1, 0.15) is 81.8 Å². The van der Waals surface area contributed by atoms with Gasteiger partial charge in [-0.15, -0.1) is 0 Å². The minimum absolute atomic E-state index is 0.126. The van der Waals surface area contributed by atoms with Crippen molar-refractivity contribution in [3.8, 4) is 5.75 Å². The van der Waals surface area contributed by atoms with Crippen LogP contribution in [0.5, 0.6) is 5.75 Å². The largest absolute Gasteiger partial charge is 0.487 e. The van der Waals surface area contributed by atoms with Crippen LogP contribution >= 0.6 is 11.6 Å². The minimum Gasteiger partial charge on any atom is -0.487 e. The number of unbranched alkanes of at least 4 members (excludes halogenated alkanes) is 1. The smallest absolute Gasteiger partial charge is 0.407 e. The standard InChI is InChI=1S/C31H41ClN2O5/c1-2-3-19-38-30(36)33-25-13-10-18-34(21-25)29(35)28(31(37)16-8-5-9-17-31)24-14-15-27(26(32)20-24)39-22-23-11-6-4-7-12-23/h4,6-7,11-12,14-15,20,25,28,37H,2-3,5,8-10,13,16-19,21-22H2,1H3,(H,33,36)/t25-,28?/m1/s1. The van der Waals surface area contributed by atoms with Gasteiger partial charge in [0.15, 0.2) is 0 Å². The fourth-order valence-corrected chi connectivity index (χ4v) is 5.92. The Kier molecular flexibility index (Phi) is 10.5. The first kappa shape index (κ1) is 29.2. The predicted molar refractivity (Wildman–Crippen MR) is 152 cm³/mol. The number of nitrogens with zero attached hydrogens (tertiary/aromatic N) is 1. The van der Waals surface area contributed by atoms with Crippen LogP contribution in [-0.2, 0) is 16.1 Å². The molecule has 212 valence electrons. The number of amides is 2. The Hall–Kier alpha value is -2.77. The molecule has 4 rings (SSSR count). The zero-order chi connectivity index (χ0) is 27.7. The van der Waals surface area contributed by atoms with Crippen LogP contribution in [0.15, 0.2) is 48.5 Å². The van der Waals surface area contributed by atoms with Crippen molar-refractivity contribution >= 4 is 23.6 Å². The van der Waals surface area contributed by atoms with E-state index in [2.05, 4.69) is 5.32 Å². The average Bonchev–Trinajstić information content (AvgIpc) is 2.94. The SMILES string of the molecule is CCCCOC(=O)N[C@@H]1CCCN(C(=O)C(c2ccc(OCc3ccccc3)c(Cl)c2)C2(O)CCCCC2)C1. The van der Waals surface area contributed by atoms with E-state index < -0.39 is 17.6 Å². The van der Waals surface area contributed by atoms with E-state index in [1.54, 1.807) is 17.0 Å². The van der Waals surface area contributed by atoms with Gasteiger partial charge < -0.3 is 24.8 Å². The summed E-state index contributed by atoms with van der Waals surface area (Å²) in [7, 11) is 0. The van der Waals surface area contributed by atoms with Crippen molar-refractivity contribution in [2.75, 3.05) is 19.7 Å². The average molecular weight is 557 g/mol. The van der Waals surface area contributed by atoms with Gasteiger partial charge in [-0.3, -0.25) is 4.79 Å². The highest BCUT2D eigenvalue weighted by Crippen LogP contribution is 2.43. The number of hydrogen-bond donors (Lipinski definition) is 2. The van der Waals surface area contributed by atoms with E-state index in [0.717, 1.165) is 50.5 Å². The van der Waals surface area contributed by atoms with E-state index in [0.29, 0.717) is 55.5 Å². The van der Waals surface area contributed by atoms with E-state index in [9.17, 15) is 14.7 Å². The van der Waals surface area contributed by atoms with Crippen molar-refractivity contribution in [3.05, 3.63) is 64.7 Å². The van der Waals surface area contributed by atoms with Crippen molar-refractivity contribution < 1.29 is 24.2 Å². The monoisotopic (exact) mass is 556 g/mol. The molecule has 2 aromatic rings. The molecule has 2 fully saturated rings. The molecule has 1 saturated carbocycles. The summed E-state index contributed by atoms with van der Waals surface area (Å²) in [5, 5.41) is 15.1. The first-order valence-corrected chi connectivity index (χ1v) is 14.7. The van der Waals surface area contributed by atoms with Crippen LogP contribution in [0.3, 0.4) is 0 Å². The zero-order valence-electron chi connectivity index (χ0n) is 22.9. The first-order valence-electron chi connectivity index (χ1n) is 14.3. The molecule has 2 amide bonds. The van der Waals surface area contributed by atoms with Crippen LogP contribution in [0.2, 0.25) is 5.02 Å². The van der Waals surface area contributed by atoms with Gasteiger partial charge in [0.1, 0.15) is 12.4 Å². The molecule has 2 atom stereocenters. The van der Waals surface area contributed by atoms with Gasteiger partial charge in [-0.2, -0.15) is 0 Å². The van der Waals surface area contributed by atoms with Gasteiger partial charge in [0.2, 0.25) is 5.91 Å². The molecular weight excluding hydrogens is 516 g/mol. The maximum absolute atomic E-state index is 14.1. The number of likely N-dealkylation sites (tertiary alicyclic amines) is 1. The fraction of sp³-hybridized carbons (Fsp3) is 0.548. The molecule has 8 heteroatoms. The van der Waals surface area contributed by atoms with Gasteiger partial charge >= 0.3 is 6.09 Å². The number of nitrogens with one attached hydrogen (secondary N) is 1. The zero-order valence-corrected chi connectivity index (χ0v) is 23.6. The third-order valence-corrected chi connectivity index (χ3v) is 8.11. The van der Waals surface area contributed by atoms with Crippen molar-refractivity contribution in [1.29, 1.82) is 0 Å². The number of alkyl carbamates (subject to hydrolysis) is 1. The summed E-state index contributed by atoms with van der Waals surface area (Å²) in [5.41, 5.74) is 0.574. The topological polar surface area (TPSA) is 88.1 Å². The minimum atomic E-state index is -1.15. The lowest BCUT2D eigenvalue weighted by Gasteiger charge is -2.42. The molecule has 39 heavy (non-hydrogen) atoms. The molecule has 2 aromatic carbocycles. The highest BCUT2D eigenvalue weighted by atomic mass is 35.5. The van der Waals surface area contributed by atoms with Crippen LogP contribution in [-0.4, -0.2) is 53.3 Å². The number of hydrogen-bond acceptors (Lipinski definition) is 5. The summed E-state index contributed by atoms with van der Waals surface area (Å²) >= 11 is 6.65. The van der Waals surface area contributed by atoms with Gasteiger partial charge in [-0.1, -0.05) is 80.6 Å². The fourth-order valence-electron chi connectivity index (χ4n) is 5.68.